The Bertz CT molecular complexity index is 1130. The number of carbonyl (C=O) groups excluding carboxylic acids is 1. The van der Waals surface area contributed by atoms with Crippen molar-refractivity contribution in [2.75, 3.05) is 13.1 Å². The maximum absolute atomic E-state index is 13.2. The number of allylic oxidation sites excluding steroid dienone is 1. The number of rotatable bonds is 3. The monoisotopic (exact) mass is 582 g/mol. The normalized spacial score (nSPS) is 48.3. The van der Waals surface area contributed by atoms with E-state index in [2.05, 4.69) is 48.1 Å². The molecule has 0 aromatic rings. The van der Waals surface area contributed by atoms with Crippen LogP contribution in [0.1, 0.15) is 119 Å². The number of carbonyl (C=O) groups is 2. The largest absolute Gasteiger partial charge is 0.481 e. The molecule has 1 heterocycles. The first kappa shape index (κ1) is 30.5. The summed E-state index contributed by atoms with van der Waals surface area (Å²) in [7, 11) is 0. The lowest BCUT2D eigenvalue weighted by molar-refractivity contribution is -0.248. The van der Waals surface area contributed by atoms with Crippen molar-refractivity contribution in [3.05, 3.63) is 12.2 Å². The number of carboxylic acid groups (broad SMARTS) is 1. The lowest BCUT2D eigenvalue weighted by Gasteiger charge is -2.72. The second-order valence-corrected chi connectivity index (χ2v) is 17.2. The van der Waals surface area contributed by atoms with E-state index in [1.807, 2.05) is 4.90 Å². The Morgan fingerprint density at radius 3 is 2.17 bits per heavy atom. The molecule has 236 valence electrons. The second kappa shape index (κ2) is 9.97. The molecule has 0 spiro atoms. The Morgan fingerprint density at radius 2 is 1.52 bits per heavy atom. The third kappa shape index (κ3) is 4.04. The number of hydrogen-bond acceptors (Lipinski definition) is 4. The van der Waals surface area contributed by atoms with Crippen molar-refractivity contribution in [1.29, 1.82) is 0 Å². The van der Waals surface area contributed by atoms with E-state index in [0.717, 1.165) is 64.2 Å². The van der Waals surface area contributed by atoms with Crippen LogP contribution < -0.4 is 5.73 Å². The van der Waals surface area contributed by atoms with Crippen LogP contribution in [0.3, 0.4) is 0 Å². The zero-order valence-electron chi connectivity index (χ0n) is 27.3. The van der Waals surface area contributed by atoms with E-state index in [4.69, 9.17) is 10.5 Å². The summed E-state index contributed by atoms with van der Waals surface area (Å²) in [5.74, 6) is 1.54. The number of carboxylic acids is 1. The zero-order chi connectivity index (χ0) is 30.5. The molecule has 3 N–H and O–H groups in total. The summed E-state index contributed by atoms with van der Waals surface area (Å²) in [6.07, 6.45) is 11.8. The quantitative estimate of drug-likeness (QED) is 0.333. The molecular weight excluding hydrogens is 524 g/mol. The molecule has 0 unspecified atom stereocenters. The lowest BCUT2D eigenvalue weighted by Crippen LogP contribution is -2.67. The number of amides is 1. The molecule has 1 amide bonds. The Morgan fingerprint density at radius 1 is 0.833 bits per heavy atom. The van der Waals surface area contributed by atoms with Crippen LogP contribution in [0.25, 0.3) is 0 Å². The van der Waals surface area contributed by atoms with Crippen molar-refractivity contribution in [1.82, 2.24) is 4.90 Å². The summed E-state index contributed by atoms with van der Waals surface area (Å²) in [6.45, 7) is 20.4. The van der Waals surface area contributed by atoms with Gasteiger partial charge in [0.05, 0.1) is 5.41 Å². The van der Waals surface area contributed by atoms with Crippen LogP contribution in [-0.2, 0) is 9.53 Å². The van der Waals surface area contributed by atoms with Crippen LogP contribution in [0.2, 0.25) is 0 Å². The predicted molar refractivity (Wildman–Crippen MR) is 166 cm³/mol. The number of aliphatic carboxylic acids is 1. The van der Waals surface area contributed by atoms with Crippen LogP contribution in [0, 0.1) is 56.7 Å². The molecular formula is C36H58N2O4. The number of piperidine rings is 1. The van der Waals surface area contributed by atoms with Crippen LogP contribution in [0.15, 0.2) is 12.2 Å². The van der Waals surface area contributed by atoms with Crippen molar-refractivity contribution in [2.45, 2.75) is 131 Å². The number of nitrogens with two attached hydrogens (primary N) is 1. The molecule has 6 nitrogen and oxygen atoms in total. The maximum atomic E-state index is 13.2. The van der Waals surface area contributed by atoms with Crippen LogP contribution in [0.4, 0.5) is 4.79 Å². The van der Waals surface area contributed by atoms with Gasteiger partial charge in [-0.15, -0.1) is 0 Å². The minimum absolute atomic E-state index is 0.0596. The van der Waals surface area contributed by atoms with Gasteiger partial charge in [-0.05, 0) is 130 Å². The fraction of sp³-hybridized carbons (Fsp3) is 0.889. The van der Waals surface area contributed by atoms with E-state index in [9.17, 15) is 14.7 Å². The van der Waals surface area contributed by atoms with E-state index >= 15 is 0 Å². The Labute approximate surface area is 254 Å². The van der Waals surface area contributed by atoms with Crippen molar-refractivity contribution < 1.29 is 19.4 Å². The van der Waals surface area contributed by atoms with Crippen LogP contribution >= 0.6 is 0 Å². The van der Waals surface area contributed by atoms with Crippen molar-refractivity contribution in [2.24, 2.45) is 62.4 Å². The number of likely N-dealkylation sites (tertiary alicyclic amines) is 1. The van der Waals surface area contributed by atoms with Gasteiger partial charge >= 0.3 is 12.1 Å². The number of hydrogen-bond donors (Lipinski definition) is 2. The van der Waals surface area contributed by atoms with Crippen molar-refractivity contribution in [3.8, 4) is 0 Å². The first-order valence-corrected chi connectivity index (χ1v) is 17.2. The average molecular weight is 583 g/mol. The molecule has 5 aliphatic carbocycles. The molecule has 42 heavy (non-hydrogen) atoms. The number of ether oxygens (including phenoxy) is 1. The lowest BCUT2D eigenvalue weighted by atomic mass is 9.32. The third-order valence-electron chi connectivity index (χ3n) is 15.5. The molecule has 1 saturated heterocycles. The van der Waals surface area contributed by atoms with Crippen molar-refractivity contribution in [3.63, 3.8) is 0 Å². The highest BCUT2D eigenvalue weighted by Gasteiger charge is 2.72. The molecule has 10 atom stereocenters. The Balaban J connectivity index is 1.26. The van der Waals surface area contributed by atoms with E-state index in [1.54, 1.807) is 0 Å². The van der Waals surface area contributed by atoms with Gasteiger partial charge in [-0.2, -0.15) is 0 Å². The molecule has 6 fully saturated rings. The van der Waals surface area contributed by atoms with E-state index in [0.29, 0.717) is 36.8 Å². The average Bonchev–Trinajstić information content (AvgIpc) is 3.33. The van der Waals surface area contributed by atoms with Crippen LogP contribution in [-0.4, -0.2) is 47.3 Å². The van der Waals surface area contributed by atoms with E-state index in [-0.39, 0.29) is 45.8 Å². The number of nitrogens with zero attached hydrogens (tertiary/aromatic N) is 1. The minimum Gasteiger partial charge on any atom is -0.481 e. The molecule has 0 aromatic heterocycles. The maximum Gasteiger partial charge on any atom is 0.410 e. The molecule has 6 rings (SSSR count). The van der Waals surface area contributed by atoms with E-state index in [1.165, 1.54) is 18.4 Å². The Hall–Kier alpha value is -1.56. The second-order valence-electron chi connectivity index (χ2n) is 17.2. The molecule has 0 bridgehead atoms. The van der Waals surface area contributed by atoms with Gasteiger partial charge in [0, 0.05) is 24.5 Å². The molecule has 6 aliphatic rings. The van der Waals surface area contributed by atoms with Gasteiger partial charge in [0.2, 0.25) is 0 Å². The van der Waals surface area contributed by atoms with Crippen LogP contribution in [0.5, 0.6) is 0 Å². The van der Waals surface area contributed by atoms with E-state index < -0.39 is 11.4 Å². The topological polar surface area (TPSA) is 92.9 Å². The molecule has 5 saturated carbocycles. The highest BCUT2D eigenvalue weighted by molar-refractivity contribution is 5.76. The highest BCUT2D eigenvalue weighted by atomic mass is 16.6. The molecule has 6 heteroatoms. The summed E-state index contributed by atoms with van der Waals surface area (Å²) in [5.41, 5.74) is 7.12. The summed E-state index contributed by atoms with van der Waals surface area (Å²) in [5, 5.41) is 10.6. The van der Waals surface area contributed by atoms with Gasteiger partial charge < -0.3 is 20.5 Å². The van der Waals surface area contributed by atoms with Gasteiger partial charge in [0.25, 0.3) is 0 Å². The van der Waals surface area contributed by atoms with Gasteiger partial charge in [-0.25, -0.2) is 4.79 Å². The predicted octanol–water partition coefficient (Wildman–Crippen LogP) is 7.66. The molecule has 1 aliphatic heterocycles. The minimum atomic E-state index is -0.568. The zero-order valence-corrected chi connectivity index (χ0v) is 27.3. The van der Waals surface area contributed by atoms with Gasteiger partial charge in [-0.3, -0.25) is 4.79 Å². The summed E-state index contributed by atoms with van der Waals surface area (Å²) >= 11 is 0. The first-order valence-electron chi connectivity index (χ1n) is 17.2. The highest BCUT2D eigenvalue weighted by Crippen LogP contribution is 2.77. The summed E-state index contributed by atoms with van der Waals surface area (Å²) in [6, 6.07) is 0.194. The van der Waals surface area contributed by atoms with Gasteiger partial charge in [0.1, 0.15) is 6.10 Å². The fourth-order valence-electron chi connectivity index (χ4n) is 13.0. The molecule has 0 aromatic carbocycles. The SMILES string of the molecule is C=C(C)[C@@H]1CC[C@]2(C(=O)O)CC[C@]3(C)[C@H](CC[C@@H]4[C@@]5(C)CC[C@H](OC(=O)N6CCC(N)CC6)C(C)(C)[C@@H]5CC[C@]43C)[C@@H]12. The Kier molecular flexibility index (Phi) is 7.23. The van der Waals surface area contributed by atoms with Crippen molar-refractivity contribution >= 4 is 12.1 Å². The number of fused-ring (bicyclic) bond motifs is 7. The standard InChI is InChI=1S/C36H58N2O4/c1-22(2)24-10-17-36(30(39)40)19-18-34(6)25(29(24)36)8-9-27-33(5)15-12-28(32(3,4)26(33)11-16-35(27,34)7)42-31(41)38-20-13-23(37)14-21-38/h23-29H,1,8-21,37H2,2-7H3,(H,39,40)/t24-,25+,26-,27+,28-,29+,33-,34+,35+,36-/m0/s1. The summed E-state index contributed by atoms with van der Waals surface area (Å²) in [4.78, 5) is 28.0. The first-order chi connectivity index (χ1) is 19.6. The third-order valence-corrected chi connectivity index (χ3v) is 15.5. The van der Waals surface area contributed by atoms with Gasteiger partial charge in [-0.1, -0.05) is 46.8 Å². The summed E-state index contributed by atoms with van der Waals surface area (Å²) < 4.78 is 6.34. The van der Waals surface area contributed by atoms with Gasteiger partial charge in [0.15, 0.2) is 0 Å². The molecule has 0 radical (unpaired) electrons. The fourth-order valence-corrected chi connectivity index (χ4v) is 13.0. The smallest absolute Gasteiger partial charge is 0.410 e.